The first kappa shape index (κ1) is 16.4. The van der Waals surface area contributed by atoms with E-state index in [-0.39, 0.29) is 0 Å². The van der Waals surface area contributed by atoms with Crippen LogP contribution in [0.25, 0.3) is 0 Å². The molecule has 0 aromatic heterocycles. The largest absolute Gasteiger partial charge is 0.494 e. The van der Waals surface area contributed by atoms with Gasteiger partial charge < -0.3 is 9.47 Å². The molecule has 2 heteroatoms. The third-order valence-electron chi connectivity index (χ3n) is 4.33. The van der Waals surface area contributed by atoms with E-state index in [4.69, 9.17) is 9.47 Å². The molecule has 0 aliphatic carbocycles. The zero-order valence-electron chi connectivity index (χ0n) is 13.8. The highest BCUT2D eigenvalue weighted by atomic mass is 16.6. The summed E-state index contributed by atoms with van der Waals surface area (Å²) in [6.07, 6.45) is 8.22. The summed E-state index contributed by atoms with van der Waals surface area (Å²) < 4.78 is 11.5. The monoisotopic (exact) mass is 290 g/mol. The zero-order valence-corrected chi connectivity index (χ0v) is 13.8. The molecule has 2 rings (SSSR count). The Kier molecular flexibility index (Phi) is 6.56. The highest BCUT2D eigenvalue weighted by Gasteiger charge is 2.40. The van der Waals surface area contributed by atoms with Crippen LogP contribution in [-0.2, 0) is 11.2 Å². The van der Waals surface area contributed by atoms with Crippen LogP contribution in [0.4, 0.5) is 0 Å². The van der Waals surface area contributed by atoms with Gasteiger partial charge in [0.15, 0.2) is 0 Å². The van der Waals surface area contributed by atoms with Gasteiger partial charge in [0.1, 0.15) is 5.75 Å². The Balaban J connectivity index is 1.69. The van der Waals surface area contributed by atoms with Gasteiger partial charge >= 0.3 is 0 Å². The lowest BCUT2D eigenvalue weighted by atomic mass is 9.96. The van der Waals surface area contributed by atoms with E-state index in [0.29, 0.717) is 18.1 Å². The van der Waals surface area contributed by atoms with Gasteiger partial charge in [0.05, 0.1) is 18.8 Å². The molecule has 1 saturated heterocycles. The number of unbranched alkanes of at least 4 members (excludes halogenated alkanes) is 3. The van der Waals surface area contributed by atoms with Gasteiger partial charge in [-0.1, -0.05) is 52.2 Å². The maximum atomic E-state index is 5.78. The van der Waals surface area contributed by atoms with Gasteiger partial charge in [-0.25, -0.2) is 0 Å². The molecule has 3 unspecified atom stereocenters. The first-order chi connectivity index (χ1) is 10.2. The fraction of sp³-hybridized carbons (Fsp3) is 0.684. The van der Waals surface area contributed by atoms with Crippen molar-refractivity contribution in [3.05, 3.63) is 29.8 Å². The van der Waals surface area contributed by atoms with Crippen LogP contribution in [0.1, 0.15) is 58.4 Å². The molecule has 21 heavy (non-hydrogen) atoms. The predicted octanol–water partition coefficient (Wildman–Crippen LogP) is 5.00. The number of ether oxygens (including phenoxy) is 2. The Bertz CT molecular complexity index is 399. The number of epoxide rings is 1. The maximum Gasteiger partial charge on any atom is 0.119 e. The van der Waals surface area contributed by atoms with E-state index in [1.165, 1.54) is 24.8 Å². The lowest BCUT2D eigenvalue weighted by Gasteiger charge is -2.10. The smallest absolute Gasteiger partial charge is 0.119 e. The van der Waals surface area contributed by atoms with Gasteiger partial charge in [0, 0.05) is 0 Å². The van der Waals surface area contributed by atoms with Crippen molar-refractivity contribution >= 4 is 0 Å². The second kappa shape index (κ2) is 8.43. The number of benzene rings is 1. The Labute approximate surface area is 129 Å². The fourth-order valence-corrected chi connectivity index (χ4v) is 2.91. The molecule has 0 bridgehead atoms. The minimum atomic E-state index is 0.476. The van der Waals surface area contributed by atoms with Crippen molar-refractivity contribution in [2.75, 3.05) is 6.61 Å². The Morgan fingerprint density at radius 3 is 2.48 bits per heavy atom. The first-order valence-corrected chi connectivity index (χ1v) is 8.61. The molecule has 1 aromatic rings. The lowest BCUT2D eigenvalue weighted by molar-refractivity contribution is 0.304. The first-order valence-electron chi connectivity index (χ1n) is 8.61. The van der Waals surface area contributed by atoms with Crippen LogP contribution in [0.3, 0.4) is 0 Å². The summed E-state index contributed by atoms with van der Waals surface area (Å²) in [6, 6.07) is 8.60. The molecule has 0 spiro atoms. The molecular formula is C19H30O2. The van der Waals surface area contributed by atoms with E-state index in [1.54, 1.807) is 0 Å². The van der Waals surface area contributed by atoms with Gasteiger partial charge in [0.25, 0.3) is 0 Å². The number of hydrogen-bond acceptors (Lipinski definition) is 2. The van der Waals surface area contributed by atoms with Crippen molar-refractivity contribution in [1.82, 2.24) is 0 Å². The topological polar surface area (TPSA) is 21.8 Å². The van der Waals surface area contributed by atoms with Gasteiger partial charge in [-0.15, -0.1) is 0 Å². The number of rotatable bonds is 10. The van der Waals surface area contributed by atoms with Crippen LogP contribution < -0.4 is 4.74 Å². The minimum Gasteiger partial charge on any atom is -0.494 e. The Hall–Kier alpha value is -1.02. The Morgan fingerprint density at radius 1 is 1.10 bits per heavy atom. The lowest BCUT2D eigenvalue weighted by Crippen LogP contribution is -2.09. The maximum absolute atomic E-state index is 5.78. The average Bonchev–Trinajstić information content (AvgIpc) is 3.28. The summed E-state index contributed by atoms with van der Waals surface area (Å²) in [5.41, 5.74) is 1.38. The van der Waals surface area contributed by atoms with Crippen LogP contribution in [0.2, 0.25) is 0 Å². The molecule has 1 aliphatic heterocycles. The third-order valence-corrected chi connectivity index (χ3v) is 4.33. The van der Waals surface area contributed by atoms with Crippen molar-refractivity contribution in [3.63, 3.8) is 0 Å². The predicted molar refractivity (Wildman–Crippen MR) is 87.9 cm³/mol. The number of hydrogen-bond donors (Lipinski definition) is 0. The van der Waals surface area contributed by atoms with Crippen molar-refractivity contribution in [2.45, 2.75) is 71.5 Å². The van der Waals surface area contributed by atoms with Crippen molar-refractivity contribution in [1.29, 1.82) is 0 Å². The molecule has 1 aliphatic rings. The quantitative estimate of drug-likeness (QED) is 0.447. The van der Waals surface area contributed by atoms with Crippen LogP contribution >= 0.6 is 0 Å². The van der Waals surface area contributed by atoms with E-state index in [9.17, 15) is 0 Å². The molecule has 1 aromatic carbocycles. The highest BCUT2D eigenvalue weighted by Crippen LogP contribution is 2.33. The second-order valence-electron chi connectivity index (χ2n) is 6.28. The van der Waals surface area contributed by atoms with Crippen LogP contribution in [-0.4, -0.2) is 18.8 Å². The normalized spacial score (nSPS) is 22.0. The molecule has 0 saturated carbocycles. The average molecular weight is 290 g/mol. The van der Waals surface area contributed by atoms with E-state index >= 15 is 0 Å². The fourth-order valence-electron chi connectivity index (χ4n) is 2.91. The van der Waals surface area contributed by atoms with E-state index in [0.717, 1.165) is 31.6 Å². The third kappa shape index (κ3) is 5.35. The molecule has 1 fully saturated rings. The van der Waals surface area contributed by atoms with Crippen LogP contribution in [0.15, 0.2) is 24.3 Å². The highest BCUT2D eigenvalue weighted by molar-refractivity contribution is 5.27. The van der Waals surface area contributed by atoms with Crippen LogP contribution in [0, 0.1) is 5.92 Å². The summed E-state index contributed by atoms with van der Waals surface area (Å²) in [4.78, 5) is 0. The molecule has 0 radical (unpaired) electrons. The molecule has 0 N–H and O–H groups in total. The summed E-state index contributed by atoms with van der Waals surface area (Å²) in [5.74, 6) is 1.60. The van der Waals surface area contributed by atoms with Crippen molar-refractivity contribution in [2.24, 2.45) is 5.92 Å². The molecule has 118 valence electrons. The van der Waals surface area contributed by atoms with Gasteiger partial charge in [-0.3, -0.25) is 0 Å². The van der Waals surface area contributed by atoms with Gasteiger partial charge in [-0.05, 0) is 42.9 Å². The summed E-state index contributed by atoms with van der Waals surface area (Å²) in [6.45, 7) is 7.56. The molecule has 3 atom stereocenters. The van der Waals surface area contributed by atoms with E-state index < -0.39 is 0 Å². The SMILES string of the molecule is CCCCCCOc1ccc(CC(C)C2OC2CC)cc1. The zero-order chi connectivity index (χ0) is 15.1. The Morgan fingerprint density at radius 2 is 1.86 bits per heavy atom. The molecule has 1 heterocycles. The molecular weight excluding hydrogens is 260 g/mol. The molecule has 2 nitrogen and oxygen atoms in total. The molecule has 0 amide bonds. The van der Waals surface area contributed by atoms with Crippen molar-refractivity contribution in [3.8, 4) is 5.75 Å². The van der Waals surface area contributed by atoms with Crippen LogP contribution in [0.5, 0.6) is 5.75 Å². The summed E-state index contributed by atoms with van der Waals surface area (Å²) in [5, 5.41) is 0. The van der Waals surface area contributed by atoms with Gasteiger partial charge in [-0.2, -0.15) is 0 Å². The van der Waals surface area contributed by atoms with Crippen molar-refractivity contribution < 1.29 is 9.47 Å². The summed E-state index contributed by atoms with van der Waals surface area (Å²) >= 11 is 0. The standard InChI is InChI=1S/C19H30O2/c1-4-6-7-8-13-20-17-11-9-16(10-12-17)14-15(3)19-18(5-2)21-19/h9-12,15,18-19H,4-8,13-14H2,1-3H3. The van der Waals surface area contributed by atoms with Gasteiger partial charge in [0.2, 0.25) is 0 Å². The summed E-state index contributed by atoms with van der Waals surface area (Å²) in [7, 11) is 0. The minimum absolute atomic E-state index is 0.476. The second-order valence-corrected chi connectivity index (χ2v) is 6.28. The van der Waals surface area contributed by atoms with E-state index in [1.807, 2.05) is 0 Å². The van der Waals surface area contributed by atoms with E-state index in [2.05, 4.69) is 45.0 Å².